The summed E-state index contributed by atoms with van der Waals surface area (Å²) < 4.78 is 0. The van der Waals surface area contributed by atoms with E-state index in [1.54, 1.807) is 18.6 Å². The summed E-state index contributed by atoms with van der Waals surface area (Å²) in [6.07, 6.45) is 8.99. The molecule has 1 amide bonds. The third-order valence-electron chi connectivity index (χ3n) is 6.87. The lowest BCUT2D eigenvalue weighted by molar-refractivity contribution is -0.118. The lowest BCUT2D eigenvalue weighted by Gasteiger charge is -2.29. The maximum atomic E-state index is 12.1. The molecule has 1 aliphatic heterocycles. The summed E-state index contributed by atoms with van der Waals surface area (Å²) in [6.45, 7) is 5.93. The molecule has 182 valence electrons. The second-order valence-electron chi connectivity index (χ2n) is 9.76. The molecule has 5 aromatic rings. The average molecular weight is 480 g/mol. The minimum Gasteiger partial charge on any atom is -0.371 e. The first-order chi connectivity index (χ1) is 17.6. The van der Waals surface area contributed by atoms with Crippen molar-refractivity contribution in [2.24, 2.45) is 5.92 Å². The number of H-pyrrole nitrogens is 2. The third kappa shape index (κ3) is 4.08. The number of aromatic amines is 2. The number of benzene rings is 1. The van der Waals surface area contributed by atoms with E-state index in [0.717, 1.165) is 52.2 Å². The van der Waals surface area contributed by atoms with Crippen LogP contribution in [0.15, 0.2) is 55.0 Å². The van der Waals surface area contributed by atoms with Crippen molar-refractivity contribution in [3.05, 3.63) is 55.0 Å². The number of aromatic nitrogens is 5. The van der Waals surface area contributed by atoms with Gasteiger partial charge in [-0.15, -0.1) is 0 Å². The van der Waals surface area contributed by atoms with Crippen molar-refractivity contribution in [1.82, 2.24) is 25.1 Å². The number of rotatable bonds is 5. The van der Waals surface area contributed by atoms with E-state index >= 15 is 0 Å². The summed E-state index contributed by atoms with van der Waals surface area (Å²) in [5.74, 6) is -0.152. The predicted molar refractivity (Wildman–Crippen MR) is 144 cm³/mol. The highest BCUT2D eigenvalue weighted by Gasteiger charge is 2.18. The van der Waals surface area contributed by atoms with Crippen molar-refractivity contribution < 1.29 is 4.79 Å². The quantitative estimate of drug-likeness (QED) is 0.298. The number of hydrogen-bond donors (Lipinski definition) is 3. The fourth-order valence-corrected chi connectivity index (χ4v) is 4.89. The Morgan fingerprint density at radius 2 is 1.86 bits per heavy atom. The molecule has 0 unspecified atom stereocenters. The van der Waals surface area contributed by atoms with Crippen LogP contribution in [0.1, 0.15) is 33.1 Å². The topological polar surface area (TPSA) is 103 Å². The lowest BCUT2D eigenvalue weighted by atomic mass is 10.1. The Hall–Kier alpha value is -4.20. The molecule has 0 bridgehead atoms. The molecule has 0 saturated carbocycles. The van der Waals surface area contributed by atoms with Crippen LogP contribution in [0.3, 0.4) is 0 Å². The monoisotopic (exact) mass is 479 g/mol. The van der Waals surface area contributed by atoms with E-state index in [0.29, 0.717) is 5.69 Å². The first-order valence-electron chi connectivity index (χ1n) is 12.5. The molecule has 1 fully saturated rings. The molecule has 36 heavy (non-hydrogen) atoms. The van der Waals surface area contributed by atoms with Crippen molar-refractivity contribution in [2.45, 2.75) is 33.1 Å². The van der Waals surface area contributed by atoms with Crippen LogP contribution in [-0.4, -0.2) is 44.1 Å². The smallest absolute Gasteiger partial charge is 0.226 e. The Balaban J connectivity index is 1.38. The van der Waals surface area contributed by atoms with Gasteiger partial charge in [-0.05, 0) is 49.6 Å². The summed E-state index contributed by atoms with van der Waals surface area (Å²) in [5.41, 5.74) is 7.32. The molecule has 6 rings (SSSR count). The Bertz CT molecular complexity index is 1560. The number of anilines is 2. The first kappa shape index (κ1) is 22.3. The van der Waals surface area contributed by atoms with Crippen LogP contribution in [-0.2, 0) is 4.79 Å². The first-order valence-corrected chi connectivity index (χ1v) is 12.5. The second-order valence-corrected chi connectivity index (χ2v) is 9.76. The van der Waals surface area contributed by atoms with Crippen LogP contribution in [0.25, 0.3) is 44.5 Å². The molecule has 0 atom stereocenters. The Labute approximate surface area is 209 Å². The summed E-state index contributed by atoms with van der Waals surface area (Å²) in [4.78, 5) is 27.1. The van der Waals surface area contributed by atoms with Gasteiger partial charge in [0, 0.05) is 52.7 Å². The van der Waals surface area contributed by atoms with Gasteiger partial charge in [0.05, 0.1) is 35.0 Å². The highest BCUT2D eigenvalue weighted by molar-refractivity contribution is 6.00. The van der Waals surface area contributed by atoms with Crippen LogP contribution in [0.2, 0.25) is 0 Å². The highest BCUT2D eigenvalue weighted by atomic mass is 16.1. The molecule has 4 aromatic heterocycles. The van der Waals surface area contributed by atoms with Crippen molar-refractivity contribution in [2.75, 3.05) is 23.3 Å². The van der Waals surface area contributed by atoms with E-state index in [4.69, 9.17) is 0 Å². The van der Waals surface area contributed by atoms with Crippen molar-refractivity contribution in [3.63, 3.8) is 0 Å². The molecule has 5 heterocycles. The minimum atomic E-state index is -0.108. The maximum absolute atomic E-state index is 12.1. The van der Waals surface area contributed by atoms with E-state index in [1.807, 2.05) is 26.0 Å². The van der Waals surface area contributed by atoms with Gasteiger partial charge in [0.2, 0.25) is 5.91 Å². The lowest BCUT2D eigenvalue weighted by Crippen LogP contribution is -2.29. The number of carbonyl (C=O) groups excluding carboxylic acids is 1. The number of carbonyl (C=O) groups is 1. The Kier molecular flexibility index (Phi) is 5.64. The van der Waals surface area contributed by atoms with E-state index in [-0.39, 0.29) is 11.8 Å². The number of nitrogens with one attached hydrogen (secondary N) is 3. The summed E-state index contributed by atoms with van der Waals surface area (Å²) in [6, 6.07) is 12.6. The van der Waals surface area contributed by atoms with E-state index in [2.05, 4.69) is 59.6 Å². The molecule has 3 N–H and O–H groups in total. The van der Waals surface area contributed by atoms with Gasteiger partial charge in [-0.1, -0.05) is 19.9 Å². The molecule has 0 spiro atoms. The molecule has 8 nitrogen and oxygen atoms in total. The van der Waals surface area contributed by atoms with Gasteiger partial charge in [-0.25, -0.2) is 0 Å². The Morgan fingerprint density at radius 1 is 1.00 bits per heavy atom. The molecular weight excluding hydrogens is 450 g/mol. The number of hydrogen-bond acceptors (Lipinski definition) is 5. The molecule has 1 aromatic carbocycles. The summed E-state index contributed by atoms with van der Waals surface area (Å²) in [7, 11) is 0. The molecule has 0 radical (unpaired) electrons. The molecular formula is C28H29N7O. The standard InChI is InChI=1S/C28H29N7O/c1-17(2)28(36)31-19-11-18(14-29-15-19)23-13-21-25(16-30-23)33-34-27(21)24-12-20-22(32-24)7-6-8-26(20)35-9-4-3-5-10-35/h6-8,11-17,32H,3-5,9-10H2,1-2H3,(H,31,36)(H,33,34). The van der Waals surface area contributed by atoms with Crippen LogP contribution in [0.5, 0.6) is 0 Å². The average Bonchev–Trinajstić information content (AvgIpc) is 3.53. The Morgan fingerprint density at radius 3 is 2.69 bits per heavy atom. The normalized spacial score (nSPS) is 14.1. The van der Waals surface area contributed by atoms with Crippen LogP contribution < -0.4 is 10.2 Å². The van der Waals surface area contributed by atoms with Gasteiger partial charge in [-0.3, -0.25) is 19.9 Å². The van der Waals surface area contributed by atoms with Gasteiger partial charge >= 0.3 is 0 Å². The van der Waals surface area contributed by atoms with Gasteiger partial charge in [0.1, 0.15) is 5.69 Å². The van der Waals surface area contributed by atoms with Gasteiger partial charge in [0.15, 0.2) is 0 Å². The number of fused-ring (bicyclic) bond motifs is 2. The number of piperidine rings is 1. The van der Waals surface area contributed by atoms with Gasteiger partial charge in [-0.2, -0.15) is 5.10 Å². The van der Waals surface area contributed by atoms with Gasteiger partial charge < -0.3 is 15.2 Å². The SMILES string of the molecule is CC(C)C(=O)Nc1cncc(-c2cc3c(-c4cc5c(N6CCCCC6)cccc5[nH]4)n[nH]c3cn2)c1. The number of nitrogens with zero attached hydrogens (tertiary/aromatic N) is 4. The van der Waals surface area contributed by atoms with Crippen molar-refractivity contribution >= 4 is 39.1 Å². The van der Waals surface area contributed by atoms with Crippen molar-refractivity contribution in [1.29, 1.82) is 0 Å². The van der Waals surface area contributed by atoms with E-state index in [1.165, 1.54) is 30.3 Å². The highest BCUT2D eigenvalue weighted by Crippen LogP contribution is 2.35. The number of pyridine rings is 2. The van der Waals surface area contributed by atoms with Crippen LogP contribution >= 0.6 is 0 Å². The fourth-order valence-electron chi connectivity index (χ4n) is 4.89. The molecule has 0 aliphatic carbocycles. The molecule has 1 saturated heterocycles. The molecule has 1 aliphatic rings. The zero-order valence-corrected chi connectivity index (χ0v) is 20.5. The summed E-state index contributed by atoms with van der Waals surface area (Å²) in [5, 5.41) is 12.9. The molecule has 8 heteroatoms. The maximum Gasteiger partial charge on any atom is 0.226 e. The zero-order valence-electron chi connectivity index (χ0n) is 20.5. The predicted octanol–water partition coefficient (Wildman–Crippen LogP) is 5.75. The van der Waals surface area contributed by atoms with Crippen LogP contribution in [0.4, 0.5) is 11.4 Å². The van der Waals surface area contributed by atoms with Crippen molar-refractivity contribution in [3.8, 4) is 22.6 Å². The fraction of sp³-hybridized carbons (Fsp3) is 0.286. The minimum absolute atomic E-state index is 0.0442. The zero-order chi connectivity index (χ0) is 24.6. The summed E-state index contributed by atoms with van der Waals surface area (Å²) >= 11 is 0. The van der Waals surface area contributed by atoms with E-state index in [9.17, 15) is 4.79 Å². The van der Waals surface area contributed by atoms with E-state index < -0.39 is 0 Å². The third-order valence-corrected chi connectivity index (χ3v) is 6.87. The number of amides is 1. The largest absolute Gasteiger partial charge is 0.371 e. The van der Waals surface area contributed by atoms with Crippen LogP contribution in [0, 0.1) is 5.92 Å². The second kappa shape index (κ2) is 9.11. The van der Waals surface area contributed by atoms with Gasteiger partial charge in [0.25, 0.3) is 0 Å².